The van der Waals surface area contributed by atoms with Gasteiger partial charge in [0.05, 0.1) is 22.3 Å². The van der Waals surface area contributed by atoms with Crippen molar-refractivity contribution in [3.05, 3.63) is 64.2 Å². The van der Waals surface area contributed by atoms with Gasteiger partial charge in [-0.3, -0.25) is 14.2 Å². The number of carbonyl (C=O) groups excluding carboxylic acids is 1. The number of halogens is 1. The number of amides is 1. The van der Waals surface area contributed by atoms with Crippen LogP contribution in [0.25, 0.3) is 16.6 Å². The Morgan fingerprint density at radius 2 is 1.90 bits per heavy atom. The van der Waals surface area contributed by atoms with Crippen molar-refractivity contribution in [3.63, 3.8) is 0 Å². The van der Waals surface area contributed by atoms with Gasteiger partial charge in [0.25, 0.3) is 5.56 Å². The number of hydrogen-bond acceptors (Lipinski definition) is 4. The van der Waals surface area contributed by atoms with Gasteiger partial charge in [-0.25, -0.2) is 9.37 Å². The molecule has 0 saturated carbocycles. The molecular weight excluding hydrogens is 389 g/mol. The van der Waals surface area contributed by atoms with Gasteiger partial charge in [-0.1, -0.05) is 30.0 Å². The predicted molar refractivity (Wildman–Crippen MR) is 113 cm³/mol. The monoisotopic (exact) mass is 411 g/mol. The number of carbonyl (C=O) groups is 1. The summed E-state index contributed by atoms with van der Waals surface area (Å²) in [5.74, 6) is -0.152. The molecule has 1 aromatic heterocycles. The van der Waals surface area contributed by atoms with Gasteiger partial charge in [0.2, 0.25) is 5.91 Å². The normalized spacial score (nSPS) is 14.3. The summed E-state index contributed by atoms with van der Waals surface area (Å²) >= 11 is 1.22. The first kappa shape index (κ1) is 19.6. The summed E-state index contributed by atoms with van der Waals surface area (Å²) < 4.78 is 15.6. The molecule has 0 atom stereocenters. The average Bonchev–Trinajstić information content (AvgIpc) is 2.75. The van der Waals surface area contributed by atoms with E-state index >= 15 is 0 Å². The number of aryl methyl sites for hydroxylation is 1. The van der Waals surface area contributed by atoms with E-state index in [1.165, 1.54) is 22.4 Å². The smallest absolute Gasteiger partial charge is 0.266 e. The highest BCUT2D eigenvalue weighted by molar-refractivity contribution is 7.99. The minimum atomic E-state index is -0.386. The van der Waals surface area contributed by atoms with Crippen LogP contribution >= 0.6 is 11.8 Å². The molecule has 0 spiro atoms. The van der Waals surface area contributed by atoms with Crippen LogP contribution in [0.15, 0.2) is 52.4 Å². The summed E-state index contributed by atoms with van der Waals surface area (Å²) in [4.78, 5) is 32.3. The van der Waals surface area contributed by atoms with E-state index in [0.29, 0.717) is 27.3 Å². The Morgan fingerprint density at radius 1 is 1.14 bits per heavy atom. The number of rotatable bonds is 4. The molecule has 1 saturated heterocycles. The van der Waals surface area contributed by atoms with Crippen molar-refractivity contribution in [2.75, 3.05) is 18.8 Å². The van der Waals surface area contributed by atoms with Gasteiger partial charge >= 0.3 is 0 Å². The summed E-state index contributed by atoms with van der Waals surface area (Å²) in [5.41, 5.74) is 1.20. The van der Waals surface area contributed by atoms with Crippen molar-refractivity contribution in [2.45, 2.75) is 31.3 Å². The molecule has 5 nitrogen and oxygen atoms in total. The van der Waals surface area contributed by atoms with E-state index in [4.69, 9.17) is 0 Å². The molecule has 0 bridgehead atoms. The third-order valence-electron chi connectivity index (χ3n) is 5.19. The number of benzene rings is 2. The fourth-order valence-corrected chi connectivity index (χ4v) is 4.43. The van der Waals surface area contributed by atoms with Crippen molar-refractivity contribution in [2.24, 2.45) is 0 Å². The van der Waals surface area contributed by atoms with Crippen LogP contribution in [0.4, 0.5) is 4.39 Å². The Kier molecular flexibility index (Phi) is 5.67. The molecule has 4 rings (SSSR count). The number of aromatic nitrogens is 2. The maximum absolute atomic E-state index is 14.2. The van der Waals surface area contributed by atoms with Crippen LogP contribution in [0.1, 0.15) is 24.8 Å². The fourth-order valence-electron chi connectivity index (χ4n) is 3.52. The Morgan fingerprint density at radius 3 is 2.66 bits per heavy atom. The highest BCUT2D eigenvalue weighted by atomic mass is 32.2. The minimum absolute atomic E-state index is 0.0405. The Labute approximate surface area is 172 Å². The van der Waals surface area contributed by atoms with Gasteiger partial charge < -0.3 is 4.90 Å². The van der Waals surface area contributed by atoms with E-state index in [0.717, 1.165) is 32.4 Å². The van der Waals surface area contributed by atoms with Crippen LogP contribution in [0, 0.1) is 12.7 Å². The third-order valence-corrected chi connectivity index (χ3v) is 6.12. The molecular formula is C22H22FN3O2S. The average molecular weight is 412 g/mol. The highest BCUT2D eigenvalue weighted by Gasteiger charge is 2.19. The van der Waals surface area contributed by atoms with E-state index in [1.807, 2.05) is 11.0 Å². The van der Waals surface area contributed by atoms with E-state index in [1.54, 1.807) is 37.3 Å². The van der Waals surface area contributed by atoms with E-state index < -0.39 is 0 Å². The maximum atomic E-state index is 14.2. The van der Waals surface area contributed by atoms with Crippen molar-refractivity contribution < 1.29 is 9.18 Å². The molecule has 2 aromatic carbocycles. The highest BCUT2D eigenvalue weighted by Crippen LogP contribution is 2.23. The maximum Gasteiger partial charge on any atom is 0.266 e. The van der Waals surface area contributed by atoms with E-state index in [9.17, 15) is 14.0 Å². The standard InChI is InChI=1S/C22H22FN3O2S/c1-15-9-10-16(13-18(15)23)26-21(28)17-7-3-4-8-19(17)24-22(26)29-14-20(27)25-11-5-2-6-12-25/h3-4,7-10,13H,2,5-6,11-12,14H2,1H3. The second-order valence-electron chi connectivity index (χ2n) is 7.22. The summed E-state index contributed by atoms with van der Waals surface area (Å²) in [5, 5.41) is 0.850. The molecule has 1 fully saturated rings. The SMILES string of the molecule is Cc1ccc(-n2c(SCC(=O)N3CCCCC3)nc3ccccc3c2=O)cc1F. The fraction of sp³-hybridized carbons (Fsp3) is 0.318. The first-order valence-electron chi connectivity index (χ1n) is 9.73. The predicted octanol–water partition coefficient (Wildman–Crippen LogP) is 3.94. The molecule has 0 radical (unpaired) electrons. The lowest BCUT2D eigenvalue weighted by Crippen LogP contribution is -2.36. The van der Waals surface area contributed by atoms with Crippen molar-refractivity contribution in [3.8, 4) is 5.69 Å². The number of likely N-dealkylation sites (tertiary alicyclic amines) is 1. The second-order valence-corrected chi connectivity index (χ2v) is 8.16. The van der Waals surface area contributed by atoms with Crippen LogP contribution in [-0.4, -0.2) is 39.2 Å². The Hall–Kier alpha value is -2.67. The molecule has 150 valence electrons. The van der Waals surface area contributed by atoms with Crippen LogP contribution in [0.2, 0.25) is 0 Å². The molecule has 0 aliphatic carbocycles. The molecule has 0 N–H and O–H groups in total. The van der Waals surface area contributed by atoms with Crippen molar-refractivity contribution >= 4 is 28.6 Å². The first-order chi connectivity index (χ1) is 14.0. The molecule has 29 heavy (non-hydrogen) atoms. The van der Waals surface area contributed by atoms with E-state index in [-0.39, 0.29) is 23.0 Å². The first-order valence-corrected chi connectivity index (χ1v) is 10.7. The third kappa shape index (κ3) is 4.05. The van der Waals surface area contributed by atoms with Gasteiger partial charge in [0.1, 0.15) is 5.82 Å². The molecule has 3 aromatic rings. The van der Waals surface area contributed by atoms with Gasteiger partial charge in [0.15, 0.2) is 5.16 Å². The zero-order valence-corrected chi connectivity index (χ0v) is 17.0. The van der Waals surface area contributed by atoms with E-state index in [2.05, 4.69) is 4.98 Å². The number of piperidine rings is 1. The molecule has 2 heterocycles. The van der Waals surface area contributed by atoms with Gasteiger partial charge in [-0.05, 0) is 56.0 Å². The Balaban J connectivity index is 1.74. The van der Waals surface area contributed by atoms with Gasteiger partial charge in [0, 0.05) is 13.1 Å². The summed E-state index contributed by atoms with van der Waals surface area (Å²) in [7, 11) is 0. The van der Waals surface area contributed by atoms with Gasteiger partial charge in [-0.2, -0.15) is 0 Å². The molecule has 0 unspecified atom stereocenters. The number of para-hydroxylation sites is 1. The topological polar surface area (TPSA) is 55.2 Å². The summed E-state index contributed by atoms with van der Waals surface area (Å²) in [6, 6.07) is 11.7. The van der Waals surface area contributed by atoms with Gasteiger partial charge in [-0.15, -0.1) is 0 Å². The lowest BCUT2D eigenvalue weighted by atomic mass is 10.1. The van der Waals surface area contributed by atoms with Crippen LogP contribution in [-0.2, 0) is 4.79 Å². The lowest BCUT2D eigenvalue weighted by molar-refractivity contribution is -0.129. The van der Waals surface area contributed by atoms with Crippen LogP contribution in [0.5, 0.6) is 0 Å². The number of thioether (sulfide) groups is 1. The molecule has 1 amide bonds. The minimum Gasteiger partial charge on any atom is -0.342 e. The van der Waals surface area contributed by atoms with Crippen molar-refractivity contribution in [1.29, 1.82) is 0 Å². The number of nitrogens with zero attached hydrogens (tertiary/aromatic N) is 3. The quantitative estimate of drug-likeness (QED) is 0.482. The summed E-state index contributed by atoms with van der Waals surface area (Å²) in [6.45, 7) is 3.23. The molecule has 7 heteroatoms. The zero-order valence-electron chi connectivity index (χ0n) is 16.2. The van der Waals surface area contributed by atoms with Crippen LogP contribution < -0.4 is 5.56 Å². The molecule has 1 aliphatic rings. The van der Waals surface area contributed by atoms with Crippen LogP contribution in [0.3, 0.4) is 0 Å². The second kappa shape index (κ2) is 8.37. The summed E-state index contributed by atoms with van der Waals surface area (Å²) in [6.07, 6.45) is 3.21. The Bertz CT molecular complexity index is 1120. The number of fused-ring (bicyclic) bond motifs is 1. The number of hydrogen-bond donors (Lipinski definition) is 0. The zero-order chi connectivity index (χ0) is 20.4. The largest absolute Gasteiger partial charge is 0.342 e. The van der Waals surface area contributed by atoms with Crippen molar-refractivity contribution in [1.82, 2.24) is 14.5 Å². The molecule has 1 aliphatic heterocycles. The lowest BCUT2D eigenvalue weighted by Gasteiger charge is -2.26.